The number of hydrogen-bond donors (Lipinski definition) is 1. The van der Waals surface area contributed by atoms with E-state index in [1.807, 2.05) is 0 Å². The number of aromatic nitrogens is 1. The van der Waals surface area contributed by atoms with Gasteiger partial charge in [0.2, 0.25) is 0 Å². The fraction of sp³-hybridized carbons (Fsp3) is 0.188. The molecule has 0 spiro atoms. The summed E-state index contributed by atoms with van der Waals surface area (Å²) in [5.41, 5.74) is 0.241. The van der Waals surface area contributed by atoms with E-state index in [2.05, 4.69) is 10.3 Å². The molecular formula is C16H13ClF2N2O4S. The van der Waals surface area contributed by atoms with Crippen LogP contribution in [0.4, 0.5) is 14.5 Å². The van der Waals surface area contributed by atoms with Gasteiger partial charge in [-0.15, -0.1) is 0 Å². The molecule has 1 amide bonds. The lowest BCUT2D eigenvalue weighted by Crippen LogP contribution is -2.21. The SMILES string of the molecule is COc1ccc(NC(=O)COC(=O)c2cccnc2SC(F)F)cc1Cl. The molecular weight excluding hydrogens is 390 g/mol. The first-order valence-corrected chi connectivity index (χ1v) is 8.37. The topological polar surface area (TPSA) is 77.5 Å². The number of anilines is 1. The van der Waals surface area contributed by atoms with Crippen LogP contribution in [0.5, 0.6) is 5.75 Å². The molecule has 0 saturated heterocycles. The summed E-state index contributed by atoms with van der Waals surface area (Å²) in [5, 5.41) is 2.62. The van der Waals surface area contributed by atoms with Crippen molar-refractivity contribution in [1.82, 2.24) is 4.98 Å². The second-order valence-corrected chi connectivity index (χ2v) is 6.09. The molecule has 1 heterocycles. The number of esters is 1. The van der Waals surface area contributed by atoms with Gasteiger partial charge in [-0.2, -0.15) is 8.78 Å². The molecule has 0 aliphatic heterocycles. The number of hydrogen-bond acceptors (Lipinski definition) is 6. The zero-order chi connectivity index (χ0) is 19.1. The van der Waals surface area contributed by atoms with Crippen LogP contribution in [0.1, 0.15) is 10.4 Å². The molecule has 0 aliphatic rings. The van der Waals surface area contributed by atoms with Crippen LogP contribution >= 0.6 is 23.4 Å². The molecule has 138 valence electrons. The van der Waals surface area contributed by atoms with Crippen molar-refractivity contribution in [2.45, 2.75) is 10.8 Å². The van der Waals surface area contributed by atoms with E-state index in [4.69, 9.17) is 21.1 Å². The Labute approximate surface area is 156 Å². The summed E-state index contributed by atoms with van der Waals surface area (Å²) >= 11 is 6.07. The highest BCUT2D eigenvalue weighted by atomic mass is 35.5. The first kappa shape index (κ1) is 19.9. The maximum Gasteiger partial charge on any atom is 0.341 e. The van der Waals surface area contributed by atoms with Gasteiger partial charge in [0.05, 0.1) is 17.7 Å². The Bertz CT molecular complexity index is 808. The molecule has 2 aromatic rings. The second-order valence-electron chi connectivity index (χ2n) is 4.71. The first-order valence-electron chi connectivity index (χ1n) is 7.11. The van der Waals surface area contributed by atoms with E-state index in [9.17, 15) is 18.4 Å². The van der Waals surface area contributed by atoms with E-state index >= 15 is 0 Å². The summed E-state index contributed by atoms with van der Waals surface area (Å²) in [7, 11) is 1.46. The van der Waals surface area contributed by atoms with Gasteiger partial charge in [0.25, 0.3) is 11.7 Å². The zero-order valence-corrected chi connectivity index (χ0v) is 14.9. The highest BCUT2D eigenvalue weighted by molar-refractivity contribution is 7.99. The minimum Gasteiger partial charge on any atom is -0.495 e. The molecule has 10 heteroatoms. The molecule has 0 fully saturated rings. The summed E-state index contributed by atoms with van der Waals surface area (Å²) in [6, 6.07) is 7.29. The summed E-state index contributed by atoms with van der Waals surface area (Å²) in [5.74, 6) is -3.84. The quantitative estimate of drug-likeness (QED) is 0.560. The summed E-state index contributed by atoms with van der Waals surface area (Å²) in [6.45, 7) is -0.601. The van der Waals surface area contributed by atoms with Crippen molar-refractivity contribution in [3.05, 3.63) is 47.1 Å². The molecule has 1 aromatic carbocycles. The number of halogens is 3. The van der Waals surface area contributed by atoms with Crippen molar-refractivity contribution in [2.24, 2.45) is 0 Å². The van der Waals surface area contributed by atoms with Gasteiger partial charge in [0.15, 0.2) is 6.61 Å². The largest absolute Gasteiger partial charge is 0.495 e. The van der Waals surface area contributed by atoms with Gasteiger partial charge >= 0.3 is 5.97 Å². The molecule has 0 bridgehead atoms. The Balaban J connectivity index is 1.95. The van der Waals surface area contributed by atoms with Crippen molar-refractivity contribution in [1.29, 1.82) is 0 Å². The van der Waals surface area contributed by atoms with E-state index in [0.717, 1.165) is 0 Å². The van der Waals surface area contributed by atoms with E-state index in [1.54, 1.807) is 12.1 Å². The molecule has 2 rings (SSSR count). The number of alkyl halides is 2. The van der Waals surface area contributed by atoms with Crippen LogP contribution in [-0.4, -0.2) is 36.3 Å². The first-order chi connectivity index (χ1) is 12.4. The van der Waals surface area contributed by atoms with Crippen LogP contribution in [0.3, 0.4) is 0 Å². The maximum absolute atomic E-state index is 12.5. The number of carbonyl (C=O) groups excluding carboxylic acids is 2. The normalized spacial score (nSPS) is 10.5. The molecule has 0 atom stereocenters. The molecule has 0 radical (unpaired) electrons. The number of methoxy groups -OCH3 is 1. The minimum atomic E-state index is -2.74. The number of amides is 1. The summed E-state index contributed by atoms with van der Waals surface area (Å²) in [6.07, 6.45) is 1.28. The third kappa shape index (κ3) is 5.57. The Kier molecular flexibility index (Phi) is 7.16. The average Bonchev–Trinajstić information content (AvgIpc) is 2.60. The number of ether oxygens (including phenoxy) is 2. The van der Waals surface area contributed by atoms with Crippen molar-refractivity contribution >= 4 is 40.9 Å². The maximum atomic E-state index is 12.5. The summed E-state index contributed by atoms with van der Waals surface area (Å²) in [4.78, 5) is 27.6. The number of benzene rings is 1. The van der Waals surface area contributed by atoms with E-state index in [0.29, 0.717) is 16.5 Å². The average molecular weight is 403 g/mol. The Morgan fingerprint density at radius 1 is 1.35 bits per heavy atom. The number of pyridine rings is 1. The van der Waals surface area contributed by atoms with E-state index in [-0.39, 0.29) is 22.4 Å². The van der Waals surface area contributed by atoms with Gasteiger partial charge in [-0.3, -0.25) is 4.79 Å². The van der Waals surface area contributed by atoms with Crippen molar-refractivity contribution < 1.29 is 27.8 Å². The lowest BCUT2D eigenvalue weighted by molar-refractivity contribution is -0.119. The molecule has 1 N–H and O–H groups in total. The van der Waals surface area contributed by atoms with Crippen molar-refractivity contribution in [3.8, 4) is 5.75 Å². The molecule has 26 heavy (non-hydrogen) atoms. The van der Waals surface area contributed by atoms with Crippen molar-refractivity contribution in [3.63, 3.8) is 0 Å². The highest BCUT2D eigenvalue weighted by Crippen LogP contribution is 2.28. The predicted molar refractivity (Wildman–Crippen MR) is 93.0 cm³/mol. The second kappa shape index (κ2) is 9.35. The standard InChI is InChI=1S/C16H13ClF2N2O4S/c1-24-12-5-4-9(7-11(12)17)21-13(22)8-25-15(23)10-3-2-6-20-14(10)26-16(18)19/h2-7,16H,8H2,1H3,(H,21,22). The van der Waals surface area contributed by atoms with Crippen LogP contribution in [0.2, 0.25) is 5.02 Å². The zero-order valence-electron chi connectivity index (χ0n) is 13.4. The number of nitrogens with zero attached hydrogens (tertiary/aromatic N) is 1. The molecule has 0 saturated carbocycles. The molecule has 6 nitrogen and oxygen atoms in total. The predicted octanol–water partition coefficient (Wildman–Crippen LogP) is 3.85. The summed E-state index contributed by atoms with van der Waals surface area (Å²) < 4.78 is 34.8. The van der Waals surface area contributed by atoms with E-state index < -0.39 is 24.2 Å². The van der Waals surface area contributed by atoms with Gasteiger partial charge in [-0.05, 0) is 42.1 Å². The van der Waals surface area contributed by atoms with Crippen LogP contribution in [0, 0.1) is 0 Å². The number of carbonyl (C=O) groups is 2. The van der Waals surface area contributed by atoms with Crippen LogP contribution in [-0.2, 0) is 9.53 Å². The molecule has 0 aliphatic carbocycles. The third-order valence-electron chi connectivity index (χ3n) is 2.96. The monoisotopic (exact) mass is 402 g/mol. The Hall–Kier alpha value is -2.39. The van der Waals surface area contributed by atoms with Gasteiger partial charge in [-0.25, -0.2) is 9.78 Å². The number of rotatable bonds is 7. The number of nitrogens with one attached hydrogen (secondary N) is 1. The van der Waals surface area contributed by atoms with Crippen LogP contribution in [0.25, 0.3) is 0 Å². The lowest BCUT2D eigenvalue weighted by Gasteiger charge is -2.10. The van der Waals surface area contributed by atoms with Crippen LogP contribution < -0.4 is 10.1 Å². The van der Waals surface area contributed by atoms with E-state index in [1.165, 1.54) is 31.5 Å². The van der Waals surface area contributed by atoms with Crippen LogP contribution in [0.15, 0.2) is 41.6 Å². The smallest absolute Gasteiger partial charge is 0.341 e. The van der Waals surface area contributed by atoms with Crippen molar-refractivity contribution in [2.75, 3.05) is 19.0 Å². The van der Waals surface area contributed by atoms with Gasteiger partial charge < -0.3 is 14.8 Å². The number of thioether (sulfide) groups is 1. The third-order valence-corrected chi connectivity index (χ3v) is 3.98. The van der Waals surface area contributed by atoms with Gasteiger partial charge in [0.1, 0.15) is 10.8 Å². The van der Waals surface area contributed by atoms with Gasteiger partial charge in [-0.1, -0.05) is 11.6 Å². The fourth-order valence-corrected chi connectivity index (χ4v) is 2.70. The fourth-order valence-electron chi connectivity index (χ4n) is 1.87. The molecule has 0 unspecified atom stereocenters. The Morgan fingerprint density at radius 2 is 2.12 bits per heavy atom. The lowest BCUT2D eigenvalue weighted by atomic mass is 10.3. The molecule has 1 aromatic heterocycles. The highest BCUT2D eigenvalue weighted by Gasteiger charge is 2.18. The van der Waals surface area contributed by atoms with Gasteiger partial charge in [0, 0.05) is 11.9 Å². The minimum absolute atomic E-state index is 0.123. The Morgan fingerprint density at radius 3 is 2.77 bits per heavy atom.